The molecule has 8 heteroatoms. The van der Waals surface area contributed by atoms with Crippen molar-refractivity contribution in [2.24, 2.45) is 0 Å². The number of ether oxygens (including phenoxy) is 2. The van der Waals surface area contributed by atoms with Gasteiger partial charge in [0.05, 0.1) is 0 Å². The van der Waals surface area contributed by atoms with Gasteiger partial charge in [0, 0.05) is 12.0 Å². The van der Waals surface area contributed by atoms with E-state index in [1.165, 1.54) is 0 Å². The third kappa shape index (κ3) is 8.62. The van der Waals surface area contributed by atoms with E-state index in [4.69, 9.17) is 21.7 Å². The van der Waals surface area contributed by atoms with Gasteiger partial charge >= 0.3 is 0 Å². The molecular weight excluding hydrogens is 438 g/mol. The number of benzene rings is 3. The van der Waals surface area contributed by atoms with Crippen molar-refractivity contribution in [3.8, 4) is 11.5 Å². The number of hydrazine groups is 1. The molecule has 0 spiro atoms. The lowest BCUT2D eigenvalue weighted by molar-refractivity contribution is -0.121. The molecule has 0 atom stereocenters. The topological polar surface area (TPSA) is 88.7 Å². The Bertz CT molecular complexity index is 1060. The van der Waals surface area contributed by atoms with Crippen LogP contribution in [0.4, 0.5) is 0 Å². The van der Waals surface area contributed by atoms with E-state index in [0.717, 1.165) is 11.3 Å². The van der Waals surface area contributed by atoms with Crippen LogP contribution in [0.1, 0.15) is 22.3 Å². The van der Waals surface area contributed by atoms with E-state index in [9.17, 15) is 9.59 Å². The number of para-hydroxylation sites is 1. The first-order valence-electron chi connectivity index (χ1n) is 10.4. The lowest BCUT2D eigenvalue weighted by Gasteiger charge is -2.12. The van der Waals surface area contributed by atoms with Crippen LogP contribution in [0.3, 0.4) is 0 Å². The third-order valence-electron chi connectivity index (χ3n) is 4.49. The maximum atomic E-state index is 12.4. The van der Waals surface area contributed by atoms with Crippen LogP contribution in [0, 0.1) is 0 Å². The third-order valence-corrected chi connectivity index (χ3v) is 4.69. The molecule has 0 aliphatic heterocycles. The second-order valence-electron chi connectivity index (χ2n) is 6.98. The number of nitrogens with one attached hydrogen (secondary N) is 3. The first-order valence-corrected chi connectivity index (χ1v) is 10.9. The molecular formula is C25H25N3O4S. The molecule has 0 saturated heterocycles. The summed E-state index contributed by atoms with van der Waals surface area (Å²) in [4.78, 5) is 24.4. The first kappa shape index (κ1) is 23.7. The van der Waals surface area contributed by atoms with Crippen molar-refractivity contribution in [1.82, 2.24) is 16.2 Å². The Morgan fingerprint density at radius 1 is 0.758 bits per heavy atom. The normalized spacial score (nSPS) is 10.1. The summed E-state index contributed by atoms with van der Waals surface area (Å²) in [5, 5.41) is 2.52. The SMILES string of the molecule is O=C(CCc1ccccc1)NNC(=S)NC(=O)c1cccc(OCCOc2ccccc2)c1. The van der Waals surface area contributed by atoms with Crippen LogP contribution in [0.25, 0.3) is 0 Å². The molecule has 3 rings (SSSR count). The monoisotopic (exact) mass is 463 g/mol. The molecule has 7 nitrogen and oxygen atoms in total. The zero-order chi connectivity index (χ0) is 23.3. The van der Waals surface area contributed by atoms with E-state index in [1.807, 2.05) is 60.7 Å². The largest absolute Gasteiger partial charge is 0.490 e. The minimum Gasteiger partial charge on any atom is -0.490 e. The highest BCUT2D eigenvalue weighted by Crippen LogP contribution is 2.14. The molecule has 0 radical (unpaired) electrons. The van der Waals surface area contributed by atoms with Gasteiger partial charge in [-0.1, -0.05) is 54.6 Å². The van der Waals surface area contributed by atoms with Gasteiger partial charge in [0.25, 0.3) is 5.91 Å². The van der Waals surface area contributed by atoms with Gasteiger partial charge in [-0.15, -0.1) is 0 Å². The fourth-order valence-corrected chi connectivity index (χ4v) is 3.00. The Labute approximate surface area is 198 Å². The predicted molar refractivity (Wildman–Crippen MR) is 130 cm³/mol. The van der Waals surface area contributed by atoms with Crippen molar-refractivity contribution in [3.05, 3.63) is 96.1 Å². The average Bonchev–Trinajstić information content (AvgIpc) is 2.85. The lowest BCUT2D eigenvalue weighted by atomic mass is 10.1. The quantitative estimate of drug-likeness (QED) is 0.256. The van der Waals surface area contributed by atoms with Crippen LogP contribution in [0.2, 0.25) is 0 Å². The van der Waals surface area contributed by atoms with Crippen molar-refractivity contribution < 1.29 is 19.1 Å². The van der Waals surface area contributed by atoms with Gasteiger partial charge in [-0.2, -0.15) is 0 Å². The second kappa shape index (κ2) is 12.8. The maximum Gasteiger partial charge on any atom is 0.257 e. The van der Waals surface area contributed by atoms with Crippen molar-refractivity contribution >= 4 is 29.1 Å². The standard InChI is InChI=1S/C25H25N3O4S/c29-23(15-14-19-8-3-1-4-9-19)27-28-25(33)26-24(30)20-10-7-13-22(18-20)32-17-16-31-21-11-5-2-6-12-21/h1-13,18H,14-17H2,(H,27,29)(H2,26,28,30,33). The fourth-order valence-electron chi connectivity index (χ4n) is 2.86. The first-order chi connectivity index (χ1) is 16.1. The summed E-state index contributed by atoms with van der Waals surface area (Å²) < 4.78 is 11.2. The Hall–Kier alpha value is -3.91. The molecule has 0 aliphatic rings. The number of aryl methyl sites for hydroxylation is 1. The molecule has 3 aromatic carbocycles. The fraction of sp³-hybridized carbons (Fsp3) is 0.160. The molecule has 0 heterocycles. The molecule has 3 aromatic rings. The zero-order valence-electron chi connectivity index (χ0n) is 18.0. The number of hydrogen-bond donors (Lipinski definition) is 3. The lowest BCUT2D eigenvalue weighted by Crippen LogP contribution is -2.48. The Morgan fingerprint density at radius 2 is 1.39 bits per heavy atom. The molecule has 33 heavy (non-hydrogen) atoms. The van der Waals surface area contributed by atoms with Crippen molar-refractivity contribution in [2.75, 3.05) is 13.2 Å². The van der Waals surface area contributed by atoms with Crippen molar-refractivity contribution in [1.29, 1.82) is 0 Å². The number of carbonyl (C=O) groups is 2. The van der Waals surface area contributed by atoms with Crippen LogP contribution in [0.15, 0.2) is 84.9 Å². The molecule has 3 N–H and O–H groups in total. The summed E-state index contributed by atoms with van der Waals surface area (Å²) in [7, 11) is 0. The summed E-state index contributed by atoms with van der Waals surface area (Å²) in [6.45, 7) is 0.702. The van der Waals surface area contributed by atoms with Crippen LogP contribution in [-0.2, 0) is 11.2 Å². The predicted octanol–water partition coefficient (Wildman–Crippen LogP) is 3.41. The molecule has 0 bridgehead atoms. The number of rotatable bonds is 9. The number of amides is 2. The van der Waals surface area contributed by atoms with E-state index in [0.29, 0.717) is 37.4 Å². The van der Waals surface area contributed by atoms with Crippen molar-refractivity contribution in [2.45, 2.75) is 12.8 Å². The van der Waals surface area contributed by atoms with E-state index >= 15 is 0 Å². The molecule has 0 fully saturated rings. The number of thiocarbonyl (C=S) groups is 1. The summed E-state index contributed by atoms with van der Waals surface area (Å²) >= 11 is 5.09. The van der Waals surface area contributed by atoms with Crippen LogP contribution < -0.4 is 25.6 Å². The number of carbonyl (C=O) groups excluding carboxylic acids is 2. The Kier molecular flexibility index (Phi) is 9.23. The summed E-state index contributed by atoms with van der Waals surface area (Å²) in [6.07, 6.45) is 0.900. The summed E-state index contributed by atoms with van der Waals surface area (Å²) in [5.41, 5.74) is 6.47. The van der Waals surface area contributed by atoms with Gasteiger partial charge in [-0.3, -0.25) is 25.8 Å². The molecule has 0 unspecified atom stereocenters. The summed E-state index contributed by atoms with van der Waals surface area (Å²) in [5.74, 6) is 0.649. The molecule has 0 aliphatic carbocycles. The highest BCUT2D eigenvalue weighted by molar-refractivity contribution is 7.80. The minimum atomic E-state index is -0.419. The molecule has 0 aromatic heterocycles. The zero-order valence-corrected chi connectivity index (χ0v) is 18.8. The Morgan fingerprint density at radius 3 is 2.12 bits per heavy atom. The highest BCUT2D eigenvalue weighted by atomic mass is 32.1. The van der Waals surface area contributed by atoms with Gasteiger partial charge in [0.2, 0.25) is 5.91 Å². The average molecular weight is 464 g/mol. The van der Waals surface area contributed by atoms with Crippen LogP contribution in [-0.4, -0.2) is 30.1 Å². The highest BCUT2D eigenvalue weighted by Gasteiger charge is 2.10. The van der Waals surface area contributed by atoms with Crippen LogP contribution >= 0.6 is 12.2 Å². The second-order valence-corrected chi connectivity index (χ2v) is 7.39. The minimum absolute atomic E-state index is 0.00403. The van der Waals surface area contributed by atoms with Crippen molar-refractivity contribution in [3.63, 3.8) is 0 Å². The van der Waals surface area contributed by atoms with E-state index in [-0.39, 0.29) is 11.0 Å². The number of hydrogen-bond acceptors (Lipinski definition) is 5. The molecule has 170 valence electrons. The molecule has 2 amide bonds. The van der Waals surface area contributed by atoms with Crippen LogP contribution in [0.5, 0.6) is 11.5 Å². The maximum absolute atomic E-state index is 12.4. The van der Waals surface area contributed by atoms with Gasteiger partial charge in [0.1, 0.15) is 24.7 Å². The van der Waals surface area contributed by atoms with Gasteiger partial charge in [-0.25, -0.2) is 0 Å². The Balaban J connectivity index is 1.37. The van der Waals surface area contributed by atoms with E-state index in [1.54, 1.807) is 24.3 Å². The van der Waals surface area contributed by atoms with Gasteiger partial charge in [0.15, 0.2) is 5.11 Å². The van der Waals surface area contributed by atoms with E-state index in [2.05, 4.69) is 16.2 Å². The molecule has 0 saturated carbocycles. The van der Waals surface area contributed by atoms with E-state index < -0.39 is 5.91 Å². The smallest absolute Gasteiger partial charge is 0.257 e. The van der Waals surface area contributed by atoms with Gasteiger partial charge < -0.3 is 9.47 Å². The van der Waals surface area contributed by atoms with Gasteiger partial charge in [-0.05, 0) is 54.5 Å². The summed E-state index contributed by atoms with van der Waals surface area (Å²) in [6, 6.07) is 25.9.